The van der Waals surface area contributed by atoms with E-state index >= 15 is 0 Å². The topological polar surface area (TPSA) is 182 Å². The Kier molecular flexibility index (Phi) is 12.9. The summed E-state index contributed by atoms with van der Waals surface area (Å²) in [4.78, 5) is 53.7. The molecule has 1 unspecified atom stereocenters. The molecular weight excluding hydrogens is 446 g/mol. The molecule has 0 fully saturated rings. The maximum absolute atomic E-state index is 11.7. The maximum atomic E-state index is 11.7. The van der Waals surface area contributed by atoms with Crippen LogP contribution in [0.4, 0.5) is 4.79 Å². The minimum atomic E-state index is -1.22. The van der Waals surface area contributed by atoms with Gasteiger partial charge in [0.1, 0.15) is 12.6 Å². The van der Waals surface area contributed by atoms with Crippen molar-refractivity contribution in [2.24, 2.45) is 0 Å². The third-order valence-corrected chi connectivity index (χ3v) is 4.26. The van der Waals surface area contributed by atoms with E-state index in [0.29, 0.717) is 19.6 Å². The fourth-order valence-corrected chi connectivity index (χ4v) is 2.59. The van der Waals surface area contributed by atoms with Crippen molar-refractivity contribution in [2.75, 3.05) is 13.1 Å². The average Bonchev–Trinajstić information content (AvgIpc) is 2.81. The van der Waals surface area contributed by atoms with E-state index in [1.54, 1.807) is 19.3 Å². The summed E-state index contributed by atoms with van der Waals surface area (Å²) < 4.78 is 0. The van der Waals surface area contributed by atoms with Crippen LogP contribution in [0.3, 0.4) is 0 Å². The maximum Gasteiger partial charge on any atom is 0.326 e. The molecular formula is C22H29N5O7. The minimum absolute atomic E-state index is 0.121. The minimum Gasteiger partial charge on any atom is -0.481 e. The first kappa shape index (κ1) is 28.0. The lowest BCUT2D eigenvalue weighted by Crippen LogP contribution is -2.48. The van der Waals surface area contributed by atoms with Crippen molar-refractivity contribution in [1.82, 2.24) is 25.5 Å². The number of rotatable bonds is 12. The van der Waals surface area contributed by atoms with E-state index in [4.69, 9.17) is 10.2 Å². The molecule has 2 aromatic heterocycles. The summed E-state index contributed by atoms with van der Waals surface area (Å²) in [6, 6.07) is 9.10. The zero-order chi connectivity index (χ0) is 25.3. The zero-order valence-electron chi connectivity index (χ0n) is 18.8. The molecule has 12 heteroatoms. The number of carboxylic acids is 3. The second-order valence-corrected chi connectivity index (χ2v) is 7.00. The summed E-state index contributed by atoms with van der Waals surface area (Å²) in [7, 11) is 0. The van der Waals surface area contributed by atoms with Crippen LogP contribution < -0.4 is 10.6 Å². The highest BCUT2D eigenvalue weighted by molar-refractivity contribution is 5.84. The number of aromatic nitrogens is 2. The predicted molar refractivity (Wildman–Crippen MR) is 121 cm³/mol. The van der Waals surface area contributed by atoms with E-state index in [0.717, 1.165) is 11.4 Å². The molecule has 12 nitrogen and oxygen atoms in total. The molecule has 1 atom stereocenters. The van der Waals surface area contributed by atoms with Gasteiger partial charge < -0.3 is 26.0 Å². The second kappa shape index (κ2) is 15.7. The molecule has 0 spiro atoms. The van der Waals surface area contributed by atoms with Crippen molar-refractivity contribution in [3.8, 4) is 0 Å². The smallest absolute Gasteiger partial charge is 0.326 e. The summed E-state index contributed by atoms with van der Waals surface area (Å²) in [6.45, 7) is 2.32. The van der Waals surface area contributed by atoms with Crippen LogP contribution in [0.2, 0.25) is 0 Å². The third-order valence-electron chi connectivity index (χ3n) is 4.26. The van der Waals surface area contributed by atoms with Crippen LogP contribution in [0.15, 0.2) is 48.8 Å². The van der Waals surface area contributed by atoms with Crippen LogP contribution in [-0.4, -0.2) is 73.3 Å². The Balaban J connectivity index is 0.00000104. The van der Waals surface area contributed by atoms with Crippen molar-refractivity contribution >= 4 is 23.9 Å². The van der Waals surface area contributed by atoms with Crippen molar-refractivity contribution in [3.63, 3.8) is 0 Å². The highest BCUT2D eigenvalue weighted by Crippen LogP contribution is 2.09. The Morgan fingerprint density at radius 3 is 1.82 bits per heavy atom. The summed E-state index contributed by atoms with van der Waals surface area (Å²) in [5.41, 5.74) is 1.64. The van der Waals surface area contributed by atoms with Gasteiger partial charge in [0.2, 0.25) is 0 Å². The van der Waals surface area contributed by atoms with Gasteiger partial charge in [0.05, 0.1) is 11.4 Å². The predicted octanol–water partition coefficient (Wildman–Crippen LogP) is 1.19. The second-order valence-electron chi connectivity index (χ2n) is 7.00. The van der Waals surface area contributed by atoms with E-state index in [1.165, 1.54) is 0 Å². The van der Waals surface area contributed by atoms with Gasteiger partial charge in [-0.15, -0.1) is 0 Å². The Labute approximate surface area is 196 Å². The molecule has 0 saturated heterocycles. The lowest BCUT2D eigenvalue weighted by molar-refractivity contribution is -0.139. The van der Waals surface area contributed by atoms with Gasteiger partial charge in [0.25, 0.3) is 0 Å². The molecule has 0 aliphatic heterocycles. The molecule has 0 aromatic carbocycles. The lowest BCUT2D eigenvalue weighted by atomic mass is 10.2. The number of carbonyl (C=O) groups is 4. The van der Waals surface area contributed by atoms with Crippen LogP contribution in [0.5, 0.6) is 0 Å². The molecule has 0 aliphatic rings. The van der Waals surface area contributed by atoms with Gasteiger partial charge in [-0.1, -0.05) is 19.1 Å². The van der Waals surface area contributed by atoms with E-state index < -0.39 is 36.5 Å². The summed E-state index contributed by atoms with van der Waals surface area (Å²) in [6.07, 6.45) is 3.71. The van der Waals surface area contributed by atoms with Crippen molar-refractivity contribution in [2.45, 2.75) is 38.9 Å². The van der Waals surface area contributed by atoms with Gasteiger partial charge in [-0.25, -0.2) is 9.59 Å². The number of nitrogens with zero attached hydrogens (tertiary/aromatic N) is 3. The fourth-order valence-electron chi connectivity index (χ4n) is 2.59. The molecule has 2 rings (SSSR count). The van der Waals surface area contributed by atoms with Crippen molar-refractivity contribution in [1.29, 1.82) is 0 Å². The third kappa shape index (κ3) is 12.7. The Hall–Kier alpha value is -4.06. The number of hydrogen-bond donors (Lipinski definition) is 5. The fraction of sp³-hybridized carbons (Fsp3) is 0.364. The van der Waals surface area contributed by atoms with E-state index in [9.17, 15) is 24.3 Å². The number of carbonyl (C=O) groups excluding carboxylic acids is 1. The van der Waals surface area contributed by atoms with Gasteiger partial charge in [-0.05, 0) is 30.7 Å². The molecule has 184 valence electrons. The standard InChI is InChI=1S/C19H23N5O5.C3H6O2/c25-17(26)11-22-19(29)23-16(18(27)28)7-10-24(12-14-5-1-3-8-20-14)13-15-6-2-4-9-21-15;1-2-3(4)5/h1-6,8-9,16H,7,10-13H2,(H,25,26)(H,27,28)(H2,22,23,29);2H2,1H3,(H,4,5). The van der Waals surface area contributed by atoms with Crippen LogP contribution in [0, 0.1) is 0 Å². The quantitative estimate of drug-likeness (QED) is 0.299. The average molecular weight is 476 g/mol. The number of nitrogens with one attached hydrogen (secondary N) is 2. The van der Waals surface area contributed by atoms with Crippen LogP contribution >= 0.6 is 0 Å². The van der Waals surface area contributed by atoms with E-state index in [1.807, 2.05) is 41.3 Å². The normalized spacial score (nSPS) is 11.0. The van der Waals surface area contributed by atoms with Gasteiger partial charge in [0, 0.05) is 38.4 Å². The Morgan fingerprint density at radius 1 is 0.912 bits per heavy atom. The first-order valence-electron chi connectivity index (χ1n) is 10.4. The number of urea groups is 1. The molecule has 2 aromatic rings. The lowest BCUT2D eigenvalue weighted by Gasteiger charge is -2.24. The number of pyridine rings is 2. The number of aliphatic carboxylic acids is 3. The zero-order valence-corrected chi connectivity index (χ0v) is 18.8. The molecule has 0 bridgehead atoms. The molecule has 34 heavy (non-hydrogen) atoms. The number of amides is 2. The molecule has 2 amide bonds. The monoisotopic (exact) mass is 475 g/mol. The summed E-state index contributed by atoms with van der Waals surface area (Å²) >= 11 is 0. The van der Waals surface area contributed by atoms with Gasteiger partial charge in [-0.2, -0.15) is 0 Å². The first-order valence-corrected chi connectivity index (χ1v) is 10.4. The first-order chi connectivity index (χ1) is 16.2. The molecule has 0 aliphatic carbocycles. The molecule has 0 radical (unpaired) electrons. The van der Waals surface area contributed by atoms with Gasteiger partial charge >= 0.3 is 23.9 Å². The summed E-state index contributed by atoms with van der Waals surface area (Å²) in [5, 5.41) is 30.1. The number of hydrogen-bond acceptors (Lipinski definition) is 7. The van der Waals surface area contributed by atoms with Crippen LogP contribution in [0.1, 0.15) is 31.2 Å². The van der Waals surface area contributed by atoms with Gasteiger partial charge in [-0.3, -0.25) is 24.5 Å². The molecule has 0 saturated carbocycles. The number of carboxylic acid groups (broad SMARTS) is 3. The molecule has 5 N–H and O–H groups in total. The van der Waals surface area contributed by atoms with Crippen LogP contribution in [-0.2, 0) is 27.5 Å². The van der Waals surface area contributed by atoms with Crippen molar-refractivity contribution in [3.05, 3.63) is 60.2 Å². The highest BCUT2D eigenvalue weighted by atomic mass is 16.4. The van der Waals surface area contributed by atoms with E-state index in [2.05, 4.69) is 20.6 Å². The summed E-state index contributed by atoms with van der Waals surface area (Å²) in [5.74, 6) is -3.17. The van der Waals surface area contributed by atoms with Gasteiger partial charge in [0.15, 0.2) is 0 Å². The SMILES string of the molecule is CCC(=O)O.O=C(O)CNC(=O)NC(CCN(Cc1ccccn1)Cc1ccccn1)C(=O)O. The Bertz CT molecular complexity index is 871. The largest absolute Gasteiger partial charge is 0.481 e. The molecule has 2 heterocycles. The Morgan fingerprint density at radius 2 is 1.44 bits per heavy atom. The van der Waals surface area contributed by atoms with Crippen LogP contribution in [0.25, 0.3) is 0 Å². The van der Waals surface area contributed by atoms with E-state index in [-0.39, 0.29) is 12.8 Å². The van der Waals surface area contributed by atoms with Crippen molar-refractivity contribution < 1.29 is 34.5 Å². The highest BCUT2D eigenvalue weighted by Gasteiger charge is 2.21.